The molecule has 7 nitrogen and oxygen atoms in total. The highest BCUT2D eigenvalue weighted by Crippen LogP contribution is 2.13. The van der Waals surface area contributed by atoms with Crippen LogP contribution in [0.15, 0.2) is 54.6 Å². The molecule has 0 bridgehead atoms. The van der Waals surface area contributed by atoms with Gasteiger partial charge in [-0.1, -0.05) is 18.2 Å². The average molecular weight is 366 g/mol. The molecular formula is C20H22N4O3. The lowest BCUT2D eigenvalue weighted by atomic mass is 9.97. The van der Waals surface area contributed by atoms with Gasteiger partial charge in [-0.2, -0.15) is 0 Å². The van der Waals surface area contributed by atoms with E-state index in [-0.39, 0.29) is 23.8 Å². The number of carbonyl (C=O) groups excluding carboxylic acids is 3. The fourth-order valence-electron chi connectivity index (χ4n) is 2.89. The van der Waals surface area contributed by atoms with Crippen LogP contribution < -0.4 is 21.3 Å². The summed E-state index contributed by atoms with van der Waals surface area (Å²) in [6, 6.07) is 15.4. The van der Waals surface area contributed by atoms with Crippen molar-refractivity contribution in [3.8, 4) is 0 Å². The minimum Gasteiger partial charge on any atom is -0.356 e. The molecule has 1 aliphatic heterocycles. The monoisotopic (exact) mass is 366 g/mol. The number of carbonyl (C=O) groups is 3. The standard InChI is InChI=1S/C20H22N4O3/c25-18-12-14(10-11-21-18)13-22-19(26)15-6-8-17(9-7-15)24-20(27)23-16-4-2-1-3-5-16/h1-9,14H,10-13H2,(H,21,25)(H,22,26)(H2,23,24,27)/t14-/m1/s1. The highest BCUT2D eigenvalue weighted by molar-refractivity contribution is 6.00. The molecular weight excluding hydrogens is 344 g/mol. The zero-order valence-electron chi connectivity index (χ0n) is 14.8. The summed E-state index contributed by atoms with van der Waals surface area (Å²) >= 11 is 0. The first-order valence-corrected chi connectivity index (χ1v) is 8.88. The average Bonchev–Trinajstić information content (AvgIpc) is 2.67. The Labute approximate surface area is 157 Å². The van der Waals surface area contributed by atoms with Crippen LogP contribution >= 0.6 is 0 Å². The van der Waals surface area contributed by atoms with E-state index in [0.29, 0.717) is 36.4 Å². The van der Waals surface area contributed by atoms with E-state index in [4.69, 9.17) is 0 Å². The van der Waals surface area contributed by atoms with Crippen LogP contribution in [-0.2, 0) is 4.79 Å². The number of benzene rings is 2. The molecule has 1 aliphatic rings. The van der Waals surface area contributed by atoms with E-state index in [9.17, 15) is 14.4 Å². The molecule has 27 heavy (non-hydrogen) atoms. The summed E-state index contributed by atoms with van der Waals surface area (Å²) in [4.78, 5) is 35.6. The maximum atomic E-state index is 12.2. The summed E-state index contributed by atoms with van der Waals surface area (Å²) in [5.41, 5.74) is 1.79. The van der Waals surface area contributed by atoms with E-state index in [1.54, 1.807) is 36.4 Å². The molecule has 3 rings (SSSR count). The van der Waals surface area contributed by atoms with Gasteiger partial charge in [-0.05, 0) is 48.7 Å². The Morgan fingerprint density at radius 2 is 1.63 bits per heavy atom. The molecule has 0 radical (unpaired) electrons. The van der Waals surface area contributed by atoms with Crippen molar-refractivity contribution in [2.45, 2.75) is 12.8 Å². The molecule has 1 heterocycles. The van der Waals surface area contributed by atoms with Crippen molar-refractivity contribution < 1.29 is 14.4 Å². The number of hydrogen-bond donors (Lipinski definition) is 4. The van der Waals surface area contributed by atoms with Gasteiger partial charge in [0.25, 0.3) is 5.91 Å². The number of nitrogens with one attached hydrogen (secondary N) is 4. The molecule has 4 amide bonds. The first kappa shape index (κ1) is 18.4. The first-order valence-electron chi connectivity index (χ1n) is 8.88. The lowest BCUT2D eigenvalue weighted by molar-refractivity contribution is -0.123. The van der Waals surface area contributed by atoms with Gasteiger partial charge in [0, 0.05) is 36.4 Å². The van der Waals surface area contributed by atoms with Crippen molar-refractivity contribution in [1.82, 2.24) is 10.6 Å². The third kappa shape index (κ3) is 5.57. The van der Waals surface area contributed by atoms with E-state index in [1.807, 2.05) is 18.2 Å². The van der Waals surface area contributed by atoms with Gasteiger partial charge in [0.1, 0.15) is 0 Å². The van der Waals surface area contributed by atoms with Crippen molar-refractivity contribution in [2.75, 3.05) is 23.7 Å². The lowest BCUT2D eigenvalue weighted by Crippen LogP contribution is -2.39. The molecule has 0 unspecified atom stereocenters. The van der Waals surface area contributed by atoms with E-state index >= 15 is 0 Å². The van der Waals surface area contributed by atoms with Gasteiger partial charge in [-0.15, -0.1) is 0 Å². The molecule has 140 valence electrons. The van der Waals surface area contributed by atoms with Gasteiger partial charge in [-0.25, -0.2) is 4.79 Å². The molecule has 2 aromatic rings. The molecule has 0 aromatic heterocycles. The summed E-state index contributed by atoms with van der Waals surface area (Å²) in [5, 5.41) is 11.1. The maximum absolute atomic E-state index is 12.2. The van der Waals surface area contributed by atoms with E-state index < -0.39 is 0 Å². The molecule has 0 spiro atoms. The highest BCUT2D eigenvalue weighted by Gasteiger charge is 2.19. The summed E-state index contributed by atoms with van der Waals surface area (Å²) in [6.45, 7) is 1.14. The predicted octanol–water partition coefficient (Wildman–Crippen LogP) is 2.59. The summed E-state index contributed by atoms with van der Waals surface area (Å²) in [7, 11) is 0. The Bertz CT molecular complexity index is 806. The molecule has 4 N–H and O–H groups in total. The van der Waals surface area contributed by atoms with E-state index in [1.165, 1.54) is 0 Å². The molecule has 1 fully saturated rings. The Kier molecular flexibility index (Phi) is 6.04. The van der Waals surface area contributed by atoms with Gasteiger partial charge < -0.3 is 21.3 Å². The zero-order chi connectivity index (χ0) is 19.1. The fraction of sp³-hybridized carbons (Fsp3) is 0.250. The second-order valence-corrected chi connectivity index (χ2v) is 6.44. The topological polar surface area (TPSA) is 99.3 Å². The number of hydrogen-bond acceptors (Lipinski definition) is 3. The van der Waals surface area contributed by atoms with Crippen LogP contribution in [0.5, 0.6) is 0 Å². The van der Waals surface area contributed by atoms with Gasteiger partial charge in [0.2, 0.25) is 5.91 Å². The minimum absolute atomic E-state index is 0.0321. The van der Waals surface area contributed by atoms with Crippen LogP contribution in [0.4, 0.5) is 16.2 Å². The van der Waals surface area contributed by atoms with Crippen LogP contribution in [-0.4, -0.2) is 30.9 Å². The molecule has 7 heteroatoms. The van der Waals surface area contributed by atoms with Crippen LogP contribution in [0.25, 0.3) is 0 Å². The molecule has 0 aliphatic carbocycles. The van der Waals surface area contributed by atoms with Crippen molar-refractivity contribution in [3.05, 3.63) is 60.2 Å². The van der Waals surface area contributed by atoms with Gasteiger partial charge in [0.05, 0.1) is 0 Å². The number of amides is 4. The third-order valence-corrected chi connectivity index (χ3v) is 4.34. The second-order valence-electron chi connectivity index (χ2n) is 6.44. The van der Waals surface area contributed by atoms with E-state index in [0.717, 1.165) is 6.42 Å². The number of urea groups is 1. The summed E-state index contributed by atoms with van der Waals surface area (Å²) in [6.07, 6.45) is 1.31. The third-order valence-electron chi connectivity index (χ3n) is 4.34. The molecule has 1 atom stereocenters. The largest absolute Gasteiger partial charge is 0.356 e. The molecule has 0 saturated carbocycles. The summed E-state index contributed by atoms with van der Waals surface area (Å²) < 4.78 is 0. The SMILES string of the molecule is O=C1C[C@H](CNC(=O)c2ccc(NC(=O)Nc3ccccc3)cc2)CCN1. The Morgan fingerprint density at radius 1 is 0.963 bits per heavy atom. The van der Waals surface area contributed by atoms with Crippen LogP contribution in [0.2, 0.25) is 0 Å². The highest BCUT2D eigenvalue weighted by atomic mass is 16.2. The number of para-hydroxylation sites is 1. The van der Waals surface area contributed by atoms with Crippen molar-refractivity contribution in [2.24, 2.45) is 5.92 Å². The van der Waals surface area contributed by atoms with Crippen LogP contribution in [0, 0.1) is 5.92 Å². The van der Waals surface area contributed by atoms with Crippen molar-refractivity contribution >= 4 is 29.2 Å². The van der Waals surface area contributed by atoms with Crippen LogP contribution in [0.1, 0.15) is 23.2 Å². The Hall–Kier alpha value is -3.35. The van der Waals surface area contributed by atoms with E-state index in [2.05, 4.69) is 21.3 Å². The fourth-order valence-corrected chi connectivity index (χ4v) is 2.89. The number of rotatable bonds is 5. The molecule has 1 saturated heterocycles. The maximum Gasteiger partial charge on any atom is 0.323 e. The first-order chi connectivity index (χ1) is 13.1. The zero-order valence-corrected chi connectivity index (χ0v) is 14.8. The Balaban J connectivity index is 1.48. The smallest absolute Gasteiger partial charge is 0.323 e. The van der Waals surface area contributed by atoms with Gasteiger partial charge in [0.15, 0.2) is 0 Å². The van der Waals surface area contributed by atoms with Gasteiger partial charge >= 0.3 is 6.03 Å². The number of piperidine rings is 1. The van der Waals surface area contributed by atoms with Crippen molar-refractivity contribution in [3.63, 3.8) is 0 Å². The summed E-state index contributed by atoms with van der Waals surface area (Å²) in [5.74, 6) is 0.0105. The second kappa shape index (κ2) is 8.84. The molecule has 2 aromatic carbocycles. The quantitative estimate of drug-likeness (QED) is 0.654. The number of anilines is 2. The van der Waals surface area contributed by atoms with Crippen molar-refractivity contribution in [1.29, 1.82) is 0 Å². The minimum atomic E-state index is -0.353. The lowest BCUT2D eigenvalue weighted by Gasteiger charge is -2.22. The van der Waals surface area contributed by atoms with Crippen LogP contribution in [0.3, 0.4) is 0 Å². The Morgan fingerprint density at radius 3 is 2.30 bits per heavy atom. The normalized spacial score (nSPS) is 16.1. The predicted molar refractivity (Wildman–Crippen MR) is 104 cm³/mol. The van der Waals surface area contributed by atoms with Gasteiger partial charge in [-0.3, -0.25) is 9.59 Å².